The van der Waals surface area contributed by atoms with Crippen LogP contribution in [0.25, 0.3) is 10.9 Å². The van der Waals surface area contributed by atoms with Crippen LogP contribution in [0, 0.1) is 0 Å². The van der Waals surface area contributed by atoms with Crippen molar-refractivity contribution in [2.75, 3.05) is 27.3 Å². The van der Waals surface area contributed by atoms with Gasteiger partial charge in [-0.05, 0) is 6.07 Å². The minimum atomic E-state index is -0.205. The summed E-state index contributed by atoms with van der Waals surface area (Å²) in [6, 6.07) is 7.46. The fraction of sp³-hybridized carbons (Fsp3) is 0.429. The molecule has 0 saturated carbocycles. The van der Waals surface area contributed by atoms with Gasteiger partial charge in [0.15, 0.2) is 5.69 Å². The lowest BCUT2D eigenvalue weighted by atomic mass is 10.2. The summed E-state index contributed by atoms with van der Waals surface area (Å²) in [6.07, 6.45) is 0. The Kier molecular flexibility index (Phi) is 4.36. The van der Waals surface area contributed by atoms with Crippen molar-refractivity contribution in [1.82, 2.24) is 14.7 Å². The fourth-order valence-corrected chi connectivity index (χ4v) is 2.25. The van der Waals surface area contributed by atoms with Gasteiger partial charge in [-0.25, -0.2) is 0 Å². The Bertz CT molecular complexity index is 608. The third-order valence-electron chi connectivity index (χ3n) is 3.20. The van der Waals surface area contributed by atoms with Crippen LogP contribution >= 0.6 is 0 Å². The predicted octanol–water partition coefficient (Wildman–Crippen LogP) is 0.619. The van der Waals surface area contributed by atoms with Crippen LogP contribution in [0.1, 0.15) is 10.5 Å². The van der Waals surface area contributed by atoms with E-state index in [2.05, 4.69) is 5.10 Å². The Hall–Kier alpha value is -1.92. The highest BCUT2D eigenvalue weighted by atomic mass is 16.5. The van der Waals surface area contributed by atoms with Crippen molar-refractivity contribution in [3.8, 4) is 0 Å². The molecular weight excluding hydrogens is 256 g/mol. The van der Waals surface area contributed by atoms with Gasteiger partial charge in [0.25, 0.3) is 5.91 Å². The molecule has 2 N–H and O–H groups in total. The summed E-state index contributed by atoms with van der Waals surface area (Å²) in [5.74, 6) is -0.131. The minimum absolute atomic E-state index is 0.131. The van der Waals surface area contributed by atoms with Crippen LogP contribution in [0.3, 0.4) is 0 Å². The van der Waals surface area contributed by atoms with Crippen LogP contribution in [0.15, 0.2) is 24.3 Å². The Balaban J connectivity index is 2.23. The first-order chi connectivity index (χ1) is 9.54. The number of benzene rings is 1. The topological polar surface area (TPSA) is 73.4 Å². The minimum Gasteiger partial charge on any atom is -0.383 e. The van der Waals surface area contributed by atoms with Crippen LogP contribution in [0.5, 0.6) is 0 Å². The van der Waals surface area contributed by atoms with Gasteiger partial charge >= 0.3 is 0 Å². The lowest BCUT2D eigenvalue weighted by Gasteiger charge is -2.20. The molecule has 6 nitrogen and oxygen atoms in total. The first kappa shape index (κ1) is 14.5. The number of aromatic nitrogens is 2. The van der Waals surface area contributed by atoms with E-state index >= 15 is 0 Å². The second kappa shape index (κ2) is 6.02. The maximum atomic E-state index is 12.5. The molecular formula is C14H20N4O2. The highest BCUT2D eigenvalue weighted by Gasteiger charge is 2.20. The molecule has 1 unspecified atom stereocenters. The number of nitrogens with zero attached hydrogens (tertiary/aromatic N) is 3. The summed E-state index contributed by atoms with van der Waals surface area (Å²) in [6.45, 7) is 0.845. The zero-order chi connectivity index (χ0) is 14.7. The molecule has 0 bridgehead atoms. The van der Waals surface area contributed by atoms with Crippen molar-refractivity contribution in [2.45, 2.75) is 6.04 Å². The van der Waals surface area contributed by atoms with Crippen molar-refractivity contribution in [3.63, 3.8) is 0 Å². The molecule has 20 heavy (non-hydrogen) atoms. The van der Waals surface area contributed by atoms with Gasteiger partial charge in [-0.1, -0.05) is 18.2 Å². The van der Waals surface area contributed by atoms with Crippen molar-refractivity contribution in [1.29, 1.82) is 0 Å². The standard InChI is InChI=1S/C14H20N4O2/c1-17(8-10(15)9-20-3)14(19)13-11-6-4-5-7-12(11)18(2)16-13/h4-7,10H,8-9,15H2,1-3H3. The Morgan fingerprint density at radius 2 is 2.20 bits per heavy atom. The van der Waals surface area contributed by atoms with Crippen LogP contribution < -0.4 is 5.73 Å². The third-order valence-corrected chi connectivity index (χ3v) is 3.20. The molecule has 1 atom stereocenters. The zero-order valence-corrected chi connectivity index (χ0v) is 12.0. The summed E-state index contributed by atoms with van der Waals surface area (Å²) in [4.78, 5) is 14.0. The highest BCUT2D eigenvalue weighted by Crippen LogP contribution is 2.18. The van der Waals surface area contributed by atoms with E-state index in [0.717, 1.165) is 10.9 Å². The highest BCUT2D eigenvalue weighted by molar-refractivity contribution is 6.04. The number of nitrogens with two attached hydrogens (primary N) is 1. The Morgan fingerprint density at radius 3 is 2.90 bits per heavy atom. The molecule has 0 aliphatic heterocycles. The van der Waals surface area contributed by atoms with Gasteiger partial charge in [-0.2, -0.15) is 5.10 Å². The van der Waals surface area contributed by atoms with Crippen LogP contribution in [0.4, 0.5) is 0 Å². The van der Waals surface area contributed by atoms with E-state index < -0.39 is 0 Å². The third kappa shape index (κ3) is 2.81. The van der Waals surface area contributed by atoms with Gasteiger partial charge < -0.3 is 15.4 Å². The predicted molar refractivity (Wildman–Crippen MR) is 77.5 cm³/mol. The van der Waals surface area contributed by atoms with Crippen LogP contribution in [0.2, 0.25) is 0 Å². The van der Waals surface area contributed by atoms with Gasteiger partial charge in [-0.3, -0.25) is 9.48 Å². The van der Waals surface area contributed by atoms with E-state index in [1.54, 1.807) is 23.7 Å². The largest absolute Gasteiger partial charge is 0.383 e. The summed E-state index contributed by atoms with van der Waals surface area (Å²) in [5, 5.41) is 5.17. The molecule has 1 heterocycles. The van der Waals surface area contributed by atoms with Crippen LogP contribution in [-0.4, -0.2) is 53.9 Å². The average Bonchev–Trinajstić information content (AvgIpc) is 2.76. The molecule has 0 saturated heterocycles. The second-order valence-electron chi connectivity index (χ2n) is 4.89. The molecule has 2 rings (SSSR count). The number of methoxy groups -OCH3 is 1. The molecule has 108 valence electrons. The van der Waals surface area contributed by atoms with E-state index in [4.69, 9.17) is 10.5 Å². The first-order valence-corrected chi connectivity index (χ1v) is 6.46. The molecule has 0 spiro atoms. The quantitative estimate of drug-likeness (QED) is 0.869. The molecule has 0 aliphatic rings. The number of amides is 1. The van der Waals surface area contributed by atoms with Gasteiger partial charge in [0.05, 0.1) is 12.1 Å². The number of rotatable bonds is 5. The Labute approximate surface area is 118 Å². The van der Waals surface area contributed by atoms with Crippen molar-refractivity contribution in [3.05, 3.63) is 30.0 Å². The monoisotopic (exact) mass is 276 g/mol. The van der Waals surface area contributed by atoms with E-state index in [1.807, 2.05) is 31.3 Å². The summed E-state index contributed by atoms with van der Waals surface area (Å²) in [5.41, 5.74) is 7.26. The second-order valence-corrected chi connectivity index (χ2v) is 4.89. The number of para-hydroxylation sites is 1. The van der Waals surface area contributed by atoms with Crippen molar-refractivity contribution < 1.29 is 9.53 Å². The molecule has 0 radical (unpaired) electrons. The Morgan fingerprint density at radius 1 is 1.50 bits per heavy atom. The molecule has 0 aliphatic carbocycles. The van der Waals surface area contributed by atoms with E-state index in [9.17, 15) is 4.79 Å². The molecule has 1 aromatic carbocycles. The number of ether oxygens (including phenoxy) is 1. The molecule has 6 heteroatoms. The van der Waals surface area contributed by atoms with Gasteiger partial charge in [0.2, 0.25) is 0 Å². The lowest BCUT2D eigenvalue weighted by Crippen LogP contribution is -2.41. The van der Waals surface area contributed by atoms with E-state index in [0.29, 0.717) is 18.8 Å². The number of fused-ring (bicyclic) bond motifs is 1. The maximum Gasteiger partial charge on any atom is 0.274 e. The average molecular weight is 276 g/mol. The smallest absolute Gasteiger partial charge is 0.274 e. The van der Waals surface area contributed by atoms with Gasteiger partial charge in [0, 0.05) is 39.2 Å². The SMILES string of the molecule is COCC(N)CN(C)C(=O)c1nn(C)c2ccccc12. The summed E-state index contributed by atoms with van der Waals surface area (Å²) >= 11 is 0. The normalized spacial score (nSPS) is 12.6. The van der Waals surface area contributed by atoms with Crippen molar-refractivity contribution >= 4 is 16.8 Å². The zero-order valence-electron chi connectivity index (χ0n) is 12.0. The van der Waals surface area contributed by atoms with E-state index in [-0.39, 0.29) is 11.9 Å². The van der Waals surface area contributed by atoms with Crippen molar-refractivity contribution in [2.24, 2.45) is 12.8 Å². The number of aryl methyl sites for hydroxylation is 1. The molecule has 1 amide bonds. The lowest BCUT2D eigenvalue weighted by molar-refractivity contribution is 0.0760. The van der Waals surface area contributed by atoms with Gasteiger partial charge in [0.1, 0.15) is 0 Å². The first-order valence-electron chi connectivity index (χ1n) is 6.46. The van der Waals surface area contributed by atoms with Crippen LogP contribution in [-0.2, 0) is 11.8 Å². The number of carbonyl (C=O) groups is 1. The molecule has 1 aromatic heterocycles. The number of hydrogen-bond acceptors (Lipinski definition) is 4. The summed E-state index contributed by atoms with van der Waals surface area (Å²) < 4.78 is 6.70. The number of likely N-dealkylation sites (N-methyl/N-ethyl adjacent to an activating group) is 1. The summed E-state index contributed by atoms with van der Waals surface area (Å²) in [7, 11) is 5.14. The molecule has 0 fully saturated rings. The fourth-order valence-electron chi connectivity index (χ4n) is 2.25. The maximum absolute atomic E-state index is 12.5. The van der Waals surface area contributed by atoms with E-state index in [1.165, 1.54) is 0 Å². The molecule has 2 aromatic rings. The number of hydrogen-bond donors (Lipinski definition) is 1. The van der Waals surface area contributed by atoms with Gasteiger partial charge in [-0.15, -0.1) is 0 Å². The number of carbonyl (C=O) groups excluding carboxylic acids is 1.